The van der Waals surface area contributed by atoms with Crippen molar-refractivity contribution in [3.8, 4) is 0 Å². The first-order valence-electron chi connectivity index (χ1n) is 15.1. The van der Waals surface area contributed by atoms with Crippen molar-refractivity contribution in [1.82, 2.24) is 0 Å². The van der Waals surface area contributed by atoms with Gasteiger partial charge in [-0.05, 0) is 42.9 Å². The van der Waals surface area contributed by atoms with E-state index in [0.717, 1.165) is 11.8 Å². The van der Waals surface area contributed by atoms with E-state index in [1.165, 1.54) is 141 Å². The molecule has 0 aliphatic rings. The maximum Gasteiger partial charge on any atom is -0.0292 e. The predicted molar refractivity (Wildman–Crippen MR) is 145 cm³/mol. The molecule has 0 heteroatoms. The van der Waals surface area contributed by atoms with Crippen LogP contribution in [0.1, 0.15) is 183 Å². The fraction of sp³-hybridized carbons (Fsp3) is 1.00. The Morgan fingerprint density at radius 3 is 1.13 bits per heavy atom. The lowest BCUT2D eigenvalue weighted by atomic mass is 9.65. The van der Waals surface area contributed by atoms with Gasteiger partial charge in [0.1, 0.15) is 0 Å². The van der Waals surface area contributed by atoms with E-state index >= 15 is 0 Å². The van der Waals surface area contributed by atoms with Gasteiger partial charge in [0.25, 0.3) is 0 Å². The van der Waals surface area contributed by atoms with Crippen molar-refractivity contribution < 1.29 is 0 Å². The Balaban J connectivity index is 4.97. The molecular formula is C31H64. The average Bonchev–Trinajstić information content (AvgIpc) is 2.73. The van der Waals surface area contributed by atoms with E-state index in [9.17, 15) is 0 Å². The molecule has 0 bridgehead atoms. The second-order valence-electron chi connectivity index (χ2n) is 11.1. The van der Waals surface area contributed by atoms with E-state index in [2.05, 4.69) is 41.5 Å². The van der Waals surface area contributed by atoms with Crippen molar-refractivity contribution in [3.63, 3.8) is 0 Å². The van der Waals surface area contributed by atoms with Gasteiger partial charge in [0.2, 0.25) is 0 Å². The molecule has 0 atom stereocenters. The standard InChI is InChI=1S/C31H64/c1-7-13-14-15-16-17-18-19-20-26-31(25-12-6,27-29(21-8-2)22-9-3)28-30(23-10-4)24-11-5/h29-30H,7-28H2,1-6H3. The van der Waals surface area contributed by atoms with Crippen molar-refractivity contribution in [2.45, 2.75) is 183 Å². The Morgan fingerprint density at radius 1 is 0.387 bits per heavy atom. The van der Waals surface area contributed by atoms with Gasteiger partial charge in [0, 0.05) is 0 Å². The van der Waals surface area contributed by atoms with Crippen LogP contribution in [0.2, 0.25) is 0 Å². The highest BCUT2D eigenvalue weighted by molar-refractivity contribution is 4.85. The fourth-order valence-corrected chi connectivity index (χ4v) is 6.51. The zero-order valence-electron chi connectivity index (χ0n) is 23.2. The van der Waals surface area contributed by atoms with Gasteiger partial charge in [-0.2, -0.15) is 0 Å². The van der Waals surface area contributed by atoms with Crippen LogP contribution in [0.15, 0.2) is 0 Å². The summed E-state index contributed by atoms with van der Waals surface area (Å²) in [6.45, 7) is 14.4. The monoisotopic (exact) mass is 437 g/mol. The molecule has 188 valence electrons. The molecule has 0 unspecified atom stereocenters. The van der Waals surface area contributed by atoms with Crippen LogP contribution in [0.25, 0.3) is 0 Å². The minimum Gasteiger partial charge on any atom is -0.0654 e. The van der Waals surface area contributed by atoms with Gasteiger partial charge >= 0.3 is 0 Å². The quantitative estimate of drug-likeness (QED) is 0.132. The fourth-order valence-electron chi connectivity index (χ4n) is 6.51. The third-order valence-electron chi connectivity index (χ3n) is 7.82. The summed E-state index contributed by atoms with van der Waals surface area (Å²) in [6.07, 6.45) is 31.9. The van der Waals surface area contributed by atoms with Gasteiger partial charge in [-0.15, -0.1) is 0 Å². The van der Waals surface area contributed by atoms with E-state index in [-0.39, 0.29) is 0 Å². The molecule has 0 aliphatic heterocycles. The molecule has 31 heavy (non-hydrogen) atoms. The summed E-state index contributed by atoms with van der Waals surface area (Å²) in [6, 6.07) is 0. The summed E-state index contributed by atoms with van der Waals surface area (Å²) >= 11 is 0. The molecule has 0 rings (SSSR count). The average molecular weight is 437 g/mol. The second-order valence-corrected chi connectivity index (χ2v) is 11.1. The topological polar surface area (TPSA) is 0 Å². The first-order chi connectivity index (χ1) is 15.1. The van der Waals surface area contributed by atoms with E-state index in [0.29, 0.717) is 5.41 Å². The van der Waals surface area contributed by atoms with Crippen molar-refractivity contribution in [1.29, 1.82) is 0 Å². The van der Waals surface area contributed by atoms with Crippen LogP contribution in [0.5, 0.6) is 0 Å². The molecule has 0 aliphatic carbocycles. The molecule has 0 saturated carbocycles. The maximum absolute atomic E-state index is 2.45. The van der Waals surface area contributed by atoms with Gasteiger partial charge in [-0.3, -0.25) is 0 Å². The largest absolute Gasteiger partial charge is 0.0654 e. The zero-order valence-corrected chi connectivity index (χ0v) is 23.2. The third kappa shape index (κ3) is 16.3. The molecule has 0 amide bonds. The summed E-state index contributed by atoms with van der Waals surface area (Å²) in [7, 11) is 0. The SMILES string of the molecule is CCCCCCCCCCCC(CCC)(CC(CCC)CCC)CC(CCC)CCC. The van der Waals surface area contributed by atoms with Crippen LogP contribution in [-0.2, 0) is 0 Å². The van der Waals surface area contributed by atoms with Crippen molar-refractivity contribution in [3.05, 3.63) is 0 Å². The molecule has 0 aromatic rings. The Kier molecular flexibility index (Phi) is 21.8. The highest BCUT2D eigenvalue weighted by Crippen LogP contribution is 2.46. The minimum absolute atomic E-state index is 0.639. The lowest BCUT2D eigenvalue weighted by Gasteiger charge is -2.40. The number of hydrogen-bond donors (Lipinski definition) is 0. The first kappa shape index (κ1) is 31.0. The normalized spacial score (nSPS) is 12.4. The molecule has 0 radical (unpaired) electrons. The Morgan fingerprint density at radius 2 is 0.774 bits per heavy atom. The highest BCUT2D eigenvalue weighted by Gasteiger charge is 2.33. The van der Waals surface area contributed by atoms with Crippen LogP contribution >= 0.6 is 0 Å². The summed E-state index contributed by atoms with van der Waals surface area (Å²) in [5.74, 6) is 1.95. The molecule has 0 fully saturated rings. The Bertz CT molecular complexity index is 314. The molecule has 0 spiro atoms. The molecular weight excluding hydrogens is 372 g/mol. The van der Waals surface area contributed by atoms with Gasteiger partial charge in [0.05, 0.1) is 0 Å². The lowest BCUT2D eigenvalue weighted by Crippen LogP contribution is -2.28. The minimum atomic E-state index is 0.639. The van der Waals surface area contributed by atoms with Crippen LogP contribution in [0.3, 0.4) is 0 Å². The molecule has 0 heterocycles. The van der Waals surface area contributed by atoms with E-state index < -0.39 is 0 Å². The van der Waals surface area contributed by atoms with Gasteiger partial charge in [-0.25, -0.2) is 0 Å². The molecule has 0 nitrogen and oxygen atoms in total. The van der Waals surface area contributed by atoms with Gasteiger partial charge in [0.15, 0.2) is 0 Å². The first-order valence-corrected chi connectivity index (χ1v) is 15.1. The van der Waals surface area contributed by atoms with E-state index in [1.54, 1.807) is 0 Å². The number of rotatable bonds is 24. The number of unbranched alkanes of at least 4 members (excludes halogenated alkanes) is 8. The molecule has 0 aromatic heterocycles. The van der Waals surface area contributed by atoms with E-state index in [4.69, 9.17) is 0 Å². The van der Waals surface area contributed by atoms with Crippen molar-refractivity contribution in [2.24, 2.45) is 17.3 Å². The summed E-state index contributed by atoms with van der Waals surface area (Å²) in [5, 5.41) is 0. The van der Waals surface area contributed by atoms with Crippen LogP contribution in [-0.4, -0.2) is 0 Å². The summed E-state index contributed by atoms with van der Waals surface area (Å²) in [4.78, 5) is 0. The van der Waals surface area contributed by atoms with Crippen molar-refractivity contribution >= 4 is 0 Å². The molecule has 0 saturated heterocycles. The smallest absolute Gasteiger partial charge is 0.0292 e. The van der Waals surface area contributed by atoms with Gasteiger partial charge in [-0.1, -0.05) is 157 Å². The predicted octanol–water partition coefficient (Wildman–Crippen LogP) is 11.9. The Labute approximate surface area is 200 Å². The summed E-state index contributed by atoms with van der Waals surface area (Å²) in [5.41, 5.74) is 0.639. The second kappa shape index (κ2) is 21.8. The number of hydrogen-bond acceptors (Lipinski definition) is 0. The van der Waals surface area contributed by atoms with Crippen LogP contribution in [0.4, 0.5) is 0 Å². The van der Waals surface area contributed by atoms with Crippen LogP contribution < -0.4 is 0 Å². The van der Waals surface area contributed by atoms with Gasteiger partial charge < -0.3 is 0 Å². The summed E-state index contributed by atoms with van der Waals surface area (Å²) < 4.78 is 0. The van der Waals surface area contributed by atoms with E-state index in [1.807, 2.05) is 0 Å². The molecule has 0 N–H and O–H groups in total. The van der Waals surface area contributed by atoms with Crippen molar-refractivity contribution in [2.75, 3.05) is 0 Å². The third-order valence-corrected chi connectivity index (χ3v) is 7.82. The Hall–Kier alpha value is 0. The zero-order chi connectivity index (χ0) is 23.2. The van der Waals surface area contributed by atoms with Crippen LogP contribution in [0, 0.1) is 17.3 Å². The maximum atomic E-state index is 2.45. The lowest BCUT2D eigenvalue weighted by molar-refractivity contribution is 0.113. The molecule has 0 aromatic carbocycles. The highest BCUT2D eigenvalue weighted by atomic mass is 14.4.